The molecule has 0 spiro atoms. The standard InChI is InChI=1S/C12H16N4S/c1-8(11(13)14)7-16(2)12-9-5-3-4-6-10(9)15-17-12/h3-6,8H,7H2,1-2H3,(H3,13,14). The van der Waals surface area contributed by atoms with E-state index >= 15 is 0 Å². The molecule has 0 fully saturated rings. The van der Waals surface area contributed by atoms with E-state index in [9.17, 15) is 0 Å². The third-order valence-electron chi connectivity index (χ3n) is 2.79. The number of anilines is 1. The predicted molar refractivity (Wildman–Crippen MR) is 74.0 cm³/mol. The number of nitrogens with one attached hydrogen (secondary N) is 1. The summed E-state index contributed by atoms with van der Waals surface area (Å²) >= 11 is 1.49. The maximum Gasteiger partial charge on any atom is 0.119 e. The lowest BCUT2D eigenvalue weighted by Gasteiger charge is -2.21. The molecule has 1 atom stereocenters. The molecule has 0 bridgehead atoms. The van der Waals surface area contributed by atoms with Gasteiger partial charge in [-0.1, -0.05) is 19.1 Å². The minimum atomic E-state index is 0.0564. The topological polar surface area (TPSA) is 66.0 Å². The fraction of sp³-hybridized carbons (Fsp3) is 0.333. The first-order valence-corrected chi connectivity index (χ1v) is 6.26. The van der Waals surface area contributed by atoms with Gasteiger partial charge < -0.3 is 10.6 Å². The molecule has 3 N–H and O–H groups in total. The maximum atomic E-state index is 7.42. The first-order chi connectivity index (χ1) is 8.09. The van der Waals surface area contributed by atoms with Crippen molar-refractivity contribution in [3.63, 3.8) is 0 Å². The summed E-state index contributed by atoms with van der Waals surface area (Å²) < 4.78 is 4.41. The van der Waals surface area contributed by atoms with Gasteiger partial charge in [0.05, 0.1) is 11.4 Å². The van der Waals surface area contributed by atoms with E-state index in [0.717, 1.165) is 22.4 Å². The SMILES string of the molecule is CC(CN(C)c1snc2ccccc12)C(=N)N. The van der Waals surface area contributed by atoms with Crippen molar-refractivity contribution in [1.29, 1.82) is 5.41 Å². The van der Waals surface area contributed by atoms with Crippen molar-refractivity contribution in [3.8, 4) is 0 Å². The summed E-state index contributed by atoms with van der Waals surface area (Å²) in [6, 6.07) is 8.09. The zero-order valence-electron chi connectivity index (χ0n) is 9.97. The van der Waals surface area contributed by atoms with E-state index in [2.05, 4.69) is 15.3 Å². The lowest BCUT2D eigenvalue weighted by Crippen LogP contribution is -2.31. The molecule has 0 aliphatic rings. The molecule has 1 heterocycles. The molecule has 4 nitrogen and oxygen atoms in total. The van der Waals surface area contributed by atoms with E-state index in [1.54, 1.807) is 0 Å². The largest absolute Gasteiger partial charge is 0.387 e. The minimum absolute atomic E-state index is 0.0564. The third kappa shape index (κ3) is 2.39. The molecular weight excluding hydrogens is 232 g/mol. The van der Waals surface area contributed by atoms with Gasteiger partial charge in [-0.25, -0.2) is 0 Å². The molecule has 5 heteroatoms. The van der Waals surface area contributed by atoms with E-state index in [-0.39, 0.29) is 11.8 Å². The average molecular weight is 248 g/mol. The van der Waals surface area contributed by atoms with Crippen molar-refractivity contribution >= 4 is 33.3 Å². The van der Waals surface area contributed by atoms with Gasteiger partial charge in [-0.2, -0.15) is 4.37 Å². The number of amidine groups is 1. The van der Waals surface area contributed by atoms with Crippen LogP contribution in [-0.2, 0) is 0 Å². The molecule has 1 unspecified atom stereocenters. The van der Waals surface area contributed by atoms with Gasteiger partial charge in [0.25, 0.3) is 0 Å². The van der Waals surface area contributed by atoms with Gasteiger partial charge in [0, 0.05) is 24.9 Å². The van der Waals surface area contributed by atoms with Gasteiger partial charge in [-0.3, -0.25) is 5.41 Å². The van der Waals surface area contributed by atoms with Crippen LogP contribution < -0.4 is 10.6 Å². The van der Waals surface area contributed by atoms with Crippen molar-refractivity contribution in [2.45, 2.75) is 6.92 Å². The molecule has 1 aromatic carbocycles. The van der Waals surface area contributed by atoms with E-state index in [0.29, 0.717) is 0 Å². The molecule has 0 saturated heterocycles. The van der Waals surface area contributed by atoms with Crippen molar-refractivity contribution in [2.75, 3.05) is 18.5 Å². The van der Waals surface area contributed by atoms with E-state index in [1.807, 2.05) is 32.2 Å². The van der Waals surface area contributed by atoms with Crippen LogP contribution in [0.3, 0.4) is 0 Å². The molecule has 90 valence electrons. The van der Waals surface area contributed by atoms with Crippen molar-refractivity contribution in [2.24, 2.45) is 11.7 Å². The van der Waals surface area contributed by atoms with Crippen LogP contribution in [0.25, 0.3) is 10.9 Å². The first kappa shape index (κ1) is 11.9. The fourth-order valence-electron chi connectivity index (χ4n) is 1.74. The lowest BCUT2D eigenvalue weighted by molar-refractivity contribution is 0.734. The predicted octanol–water partition coefficient (Wildman–Crippen LogP) is 2.30. The van der Waals surface area contributed by atoms with Gasteiger partial charge in [0.15, 0.2) is 0 Å². The number of nitrogens with two attached hydrogens (primary N) is 1. The van der Waals surface area contributed by atoms with Gasteiger partial charge >= 0.3 is 0 Å². The quantitative estimate of drug-likeness (QED) is 0.644. The van der Waals surface area contributed by atoms with Crippen LogP contribution in [0.15, 0.2) is 24.3 Å². The first-order valence-electron chi connectivity index (χ1n) is 5.49. The Bertz CT molecular complexity index is 534. The Morgan fingerprint density at radius 3 is 2.94 bits per heavy atom. The molecular formula is C12H16N4S. The maximum absolute atomic E-state index is 7.42. The van der Waals surface area contributed by atoms with Crippen molar-refractivity contribution < 1.29 is 0 Å². The Hall–Kier alpha value is -1.62. The van der Waals surface area contributed by atoms with E-state index in [1.165, 1.54) is 11.5 Å². The summed E-state index contributed by atoms with van der Waals surface area (Å²) in [5.74, 6) is 0.284. The Morgan fingerprint density at radius 1 is 1.53 bits per heavy atom. The molecule has 0 radical (unpaired) electrons. The Labute approximate surface area is 105 Å². The second kappa shape index (κ2) is 4.71. The second-order valence-corrected chi connectivity index (χ2v) is 4.99. The highest BCUT2D eigenvalue weighted by atomic mass is 32.1. The molecule has 1 aromatic heterocycles. The van der Waals surface area contributed by atoms with E-state index < -0.39 is 0 Å². The number of aromatic nitrogens is 1. The number of rotatable bonds is 4. The highest BCUT2D eigenvalue weighted by Crippen LogP contribution is 2.30. The zero-order valence-corrected chi connectivity index (χ0v) is 10.8. The average Bonchev–Trinajstić information content (AvgIpc) is 2.72. The minimum Gasteiger partial charge on any atom is -0.387 e. The zero-order chi connectivity index (χ0) is 12.4. The monoisotopic (exact) mass is 248 g/mol. The van der Waals surface area contributed by atoms with Crippen LogP contribution in [0.1, 0.15) is 6.92 Å². The number of hydrogen-bond acceptors (Lipinski definition) is 4. The van der Waals surface area contributed by atoms with Crippen LogP contribution in [0.5, 0.6) is 0 Å². The van der Waals surface area contributed by atoms with Crippen LogP contribution >= 0.6 is 11.5 Å². The number of hydrogen-bond donors (Lipinski definition) is 2. The molecule has 0 aliphatic carbocycles. The lowest BCUT2D eigenvalue weighted by atomic mass is 10.1. The molecule has 0 saturated carbocycles. The van der Waals surface area contributed by atoms with Crippen LogP contribution in [0.2, 0.25) is 0 Å². The summed E-state index contributed by atoms with van der Waals surface area (Å²) in [4.78, 5) is 2.12. The molecule has 2 rings (SSSR count). The Morgan fingerprint density at radius 2 is 2.24 bits per heavy atom. The number of fused-ring (bicyclic) bond motifs is 1. The Kier molecular flexibility index (Phi) is 3.28. The molecule has 0 amide bonds. The van der Waals surface area contributed by atoms with Crippen LogP contribution in [-0.4, -0.2) is 23.8 Å². The summed E-state index contributed by atoms with van der Waals surface area (Å²) in [7, 11) is 2.01. The highest BCUT2D eigenvalue weighted by Gasteiger charge is 2.14. The summed E-state index contributed by atoms with van der Waals surface area (Å²) in [6.45, 7) is 2.70. The Balaban J connectivity index is 2.25. The summed E-state index contributed by atoms with van der Waals surface area (Å²) in [6.07, 6.45) is 0. The second-order valence-electron chi connectivity index (χ2n) is 4.24. The van der Waals surface area contributed by atoms with Crippen molar-refractivity contribution in [3.05, 3.63) is 24.3 Å². The smallest absolute Gasteiger partial charge is 0.119 e. The fourth-order valence-corrected chi connectivity index (χ4v) is 2.57. The van der Waals surface area contributed by atoms with Crippen LogP contribution in [0, 0.1) is 11.3 Å². The summed E-state index contributed by atoms with van der Waals surface area (Å²) in [5, 5.41) is 9.72. The van der Waals surface area contributed by atoms with Gasteiger partial charge in [-0.05, 0) is 23.7 Å². The van der Waals surface area contributed by atoms with Crippen LogP contribution in [0.4, 0.5) is 5.00 Å². The molecule has 17 heavy (non-hydrogen) atoms. The molecule has 2 aromatic rings. The van der Waals surface area contributed by atoms with Gasteiger partial charge in [0.1, 0.15) is 5.00 Å². The highest BCUT2D eigenvalue weighted by molar-refractivity contribution is 7.11. The number of benzene rings is 1. The third-order valence-corrected chi connectivity index (χ3v) is 3.78. The molecule has 0 aliphatic heterocycles. The van der Waals surface area contributed by atoms with E-state index in [4.69, 9.17) is 11.1 Å². The normalized spacial score (nSPS) is 12.6. The number of nitrogens with zero attached hydrogens (tertiary/aromatic N) is 2. The van der Waals surface area contributed by atoms with Gasteiger partial charge in [0.2, 0.25) is 0 Å². The van der Waals surface area contributed by atoms with Crippen molar-refractivity contribution in [1.82, 2.24) is 4.37 Å². The van der Waals surface area contributed by atoms with Gasteiger partial charge in [-0.15, -0.1) is 0 Å². The summed E-state index contributed by atoms with van der Waals surface area (Å²) in [5.41, 5.74) is 6.52.